The number of oxazole rings is 1. The Labute approximate surface area is 118 Å². The predicted molar refractivity (Wildman–Crippen MR) is 75.7 cm³/mol. The maximum Gasteiger partial charge on any atom is 0.295 e. The van der Waals surface area contributed by atoms with Crippen LogP contribution in [0, 0.1) is 5.41 Å². The van der Waals surface area contributed by atoms with Crippen molar-refractivity contribution in [2.45, 2.75) is 19.3 Å². The van der Waals surface area contributed by atoms with Gasteiger partial charge in [-0.05, 0) is 36.5 Å². The van der Waals surface area contributed by atoms with Crippen molar-refractivity contribution in [2.24, 2.45) is 11.1 Å². The largest absolute Gasteiger partial charge is 0.424 e. The molecular weight excluding hydrogens is 310 g/mol. The van der Waals surface area contributed by atoms with E-state index in [9.17, 15) is 4.79 Å². The molecule has 1 saturated carbocycles. The van der Waals surface area contributed by atoms with Crippen molar-refractivity contribution in [3.05, 3.63) is 22.7 Å². The smallest absolute Gasteiger partial charge is 0.295 e. The van der Waals surface area contributed by atoms with E-state index in [-0.39, 0.29) is 11.3 Å². The summed E-state index contributed by atoms with van der Waals surface area (Å²) in [5.74, 6) is -0.249. The first kappa shape index (κ1) is 12.5. The van der Waals surface area contributed by atoms with Gasteiger partial charge in [-0.25, -0.2) is 0 Å². The normalized spacial score (nSPS) is 16.5. The minimum Gasteiger partial charge on any atom is -0.424 e. The van der Waals surface area contributed by atoms with Crippen molar-refractivity contribution in [3.63, 3.8) is 0 Å². The number of nitrogens with one attached hydrogen (secondary N) is 1. The number of fused-ring (bicyclic) bond motifs is 1. The van der Waals surface area contributed by atoms with E-state index >= 15 is 0 Å². The van der Waals surface area contributed by atoms with E-state index in [0.717, 1.165) is 28.4 Å². The SMILES string of the molecule is NC(=O)CC1(CNc2nc3cc(Br)ccc3o2)CC1. The summed E-state index contributed by atoms with van der Waals surface area (Å²) in [5.41, 5.74) is 6.81. The summed E-state index contributed by atoms with van der Waals surface area (Å²) >= 11 is 3.40. The fraction of sp³-hybridized carbons (Fsp3) is 0.385. The highest BCUT2D eigenvalue weighted by Crippen LogP contribution is 2.48. The number of nitrogens with two attached hydrogens (primary N) is 1. The summed E-state index contributed by atoms with van der Waals surface area (Å²) < 4.78 is 6.56. The molecular formula is C13H14BrN3O2. The maximum atomic E-state index is 11.0. The Morgan fingerprint density at radius 1 is 1.53 bits per heavy atom. The van der Waals surface area contributed by atoms with E-state index in [0.29, 0.717) is 19.0 Å². The summed E-state index contributed by atoms with van der Waals surface area (Å²) in [6.45, 7) is 0.671. The summed E-state index contributed by atoms with van der Waals surface area (Å²) in [5, 5.41) is 3.16. The Morgan fingerprint density at radius 2 is 2.32 bits per heavy atom. The molecule has 0 atom stereocenters. The molecule has 0 saturated heterocycles. The third kappa shape index (κ3) is 2.73. The van der Waals surface area contributed by atoms with Gasteiger partial charge in [0.15, 0.2) is 5.58 Å². The molecule has 0 unspecified atom stereocenters. The van der Waals surface area contributed by atoms with Crippen molar-refractivity contribution in [1.82, 2.24) is 4.98 Å². The molecule has 6 heteroatoms. The Balaban J connectivity index is 1.70. The van der Waals surface area contributed by atoms with Crippen LogP contribution in [0.3, 0.4) is 0 Å². The molecule has 3 rings (SSSR count). The molecule has 0 bridgehead atoms. The van der Waals surface area contributed by atoms with Crippen LogP contribution < -0.4 is 11.1 Å². The molecule has 1 amide bonds. The number of nitrogens with zero attached hydrogens (tertiary/aromatic N) is 1. The predicted octanol–water partition coefficient (Wildman–Crippen LogP) is 2.66. The Hall–Kier alpha value is -1.56. The first-order valence-electron chi connectivity index (χ1n) is 6.15. The second-order valence-corrected chi connectivity index (χ2v) is 6.04. The van der Waals surface area contributed by atoms with Gasteiger partial charge in [0.2, 0.25) is 5.91 Å². The first-order valence-corrected chi connectivity index (χ1v) is 6.94. The molecule has 1 heterocycles. The lowest BCUT2D eigenvalue weighted by atomic mass is 10.0. The van der Waals surface area contributed by atoms with Gasteiger partial charge in [0.25, 0.3) is 6.01 Å². The van der Waals surface area contributed by atoms with Crippen LogP contribution in [0.25, 0.3) is 11.1 Å². The van der Waals surface area contributed by atoms with Crippen LogP contribution in [0.1, 0.15) is 19.3 Å². The van der Waals surface area contributed by atoms with Crippen molar-refractivity contribution < 1.29 is 9.21 Å². The lowest BCUT2D eigenvalue weighted by molar-refractivity contribution is -0.119. The zero-order chi connectivity index (χ0) is 13.5. The second-order valence-electron chi connectivity index (χ2n) is 5.13. The maximum absolute atomic E-state index is 11.0. The van der Waals surface area contributed by atoms with Crippen molar-refractivity contribution >= 4 is 39.0 Å². The first-order chi connectivity index (χ1) is 9.06. The average molecular weight is 324 g/mol. The fourth-order valence-electron chi connectivity index (χ4n) is 2.20. The number of anilines is 1. The molecule has 19 heavy (non-hydrogen) atoms. The molecule has 1 aliphatic rings. The summed E-state index contributed by atoms with van der Waals surface area (Å²) in [6.07, 6.45) is 2.47. The monoisotopic (exact) mass is 323 g/mol. The van der Waals surface area contributed by atoms with Gasteiger partial charge in [0.05, 0.1) is 0 Å². The molecule has 2 aromatic rings. The number of rotatable bonds is 5. The van der Waals surface area contributed by atoms with E-state index in [2.05, 4.69) is 26.2 Å². The average Bonchev–Trinajstić information content (AvgIpc) is 2.97. The van der Waals surface area contributed by atoms with Gasteiger partial charge in [-0.15, -0.1) is 0 Å². The number of amides is 1. The molecule has 1 aliphatic carbocycles. The lowest BCUT2D eigenvalue weighted by Gasteiger charge is -2.12. The van der Waals surface area contributed by atoms with Crippen LogP contribution in [-0.4, -0.2) is 17.4 Å². The number of carbonyl (C=O) groups excluding carboxylic acids is 1. The van der Waals surface area contributed by atoms with Crippen LogP contribution in [-0.2, 0) is 4.79 Å². The highest BCUT2D eigenvalue weighted by molar-refractivity contribution is 9.10. The molecule has 3 N–H and O–H groups in total. The van der Waals surface area contributed by atoms with E-state index in [1.807, 2.05) is 18.2 Å². The number of hydrogen-bond donors (Lipinski definition) is 2. The highest BCUT2D eigenvalue weighted by atomic mass is 79.9. The van der Waals surface area contributed by atoms with Crippen molar-refractivity contribution in [1.29, 1.82) is 0 Å². The van der Waals surface area contributed by atoms with Gasteiger partial charge in [-0.3, -0.25) is 4.79 Å². The second kappa shape index (κ2) is 4.52. The number of hydrogen-bond acceptors (Lipinski definition) is 4. The van der Waals surface area contributed by atoms with Gasteiger partial charge in [-0.1, -0.05) is 15.9 Å². The van der Waals surface area contributed by atoms with Crippen molar-refractivity contribution in [2.75, 3.05) is 11.9 Å². The zero-order valence-electron chi connectivity index (χ0n) is 10.3. The Bertz CT molecular complexity index is 634. The number of aromatic nitrogens is 1. The molecule has 1 aromatic heterocycles. The molecule has 5 nitrogen and oxygen atoms in total. The number of primary amides is 1. The Morgan fingerprint density at radius 3 is 3.00 bits per heavy atom. The fourth-order valence-corrected chi connectivity index (χ4v) is 2.55. The van der Waals surface area contributed by atoms with Crippen LogP contribution in [0.5, 0.6) is 0 Å². The van der Waals surface area contributed by atoms with Crippen LogP contribution in [0.4, 0.5) is 6.01 Å². The quantitative estimate of drug-likeness (QED) is 0.886. The van der Waals surface area contributed by atoms with E-state index in [4.69, 9.17) is 10.2 Å². The van der Waals surface area contributed by atoms with Gasteiger partial charge >= 0.3 is 0 Å². The lowest BCUT2D eigenvalue weighted by Crippen LogP contribution is -2.23. The van der Waals surface area contributed by atoms with Crippen LogP contribution in [0.2, 0.25) is 0 Å². The van der Waals surface area contributed by atoms with Gasteiger partial charge < -0.3 is 15.5 Å². The zero-order valence-corrected chi connectivity index (χ0v) is 11.9. The number of benzene rings is 1. The molecule has 0 radical (unpaired) electrons. The summed E-state index contributed by atoms with van der Waals surface area (Å²) in [6, 6.07) is 6.17. The van der Waals surface area contributed by atoms with Gasteiger partial charge in [0, 0.05) is 17.4 Å². The molecule has 100 valence electrons. The van der Waals surface area contributed by atoms with Gasteiger partial charge in [-0.2, -0.15) is 4.98 Å². The minimum atomic E-state index is -0.249. The summed E-state index contributed by atoms with van der Waals surface area (Å²) in [4.78, 5) is 15.4. The van der Waals surface area contributed by atoms with Crippen molar-refractivity contribution in [3.8, 4) is 0 Å². The number of carbonyl (C=O) groups is 1. The molecule has 1 aromatic carbocycles. The Kier molecular flexibility index (Phi) is 2.97. The van der Waals surface area contributed by atoms with E-state index in [1.54, 1.807) is 0 Å². The highest BCUT2D eigenvalue weighted by Gasteiger charge is 2.43. The standard InChI is InChI=1S/C13H14BrN3O2/c14-8-1-2-10-9(5-8)17-12(19-10)16-7-13(3-4-13)6-11(15)18/h1-2,5H,3-4,6-7H2,(H2,15,18)(H,16,17). The molecule has 1 fully saturated rings. The molecule has 0 aliphatic heterocycles. The minimum absolute atomic E-state index is 0.00702. The van der Waals surface area contributed by atoms with E-state index in [1.165, 1.54) is 0 Å². The van der Waals surface area contributed by atoms with Crippen LogP contribution in [0.15, 0.2) is 27.1 Å². The topological polar surface area (TPSA) is 81.2 Å². The third-order valence-corrected chi connectivity index (χ3v) is 3.96. The number of halogens is 1. The van der Waals surface area contributed by atoms with Gasteiger partial charge in [0.1, 0.15) is 5.52 Å². The third-order valence-electron chi connectivity index (χ3n) is 3.47. The van der Waals surface area contributed by atoms with Crippen LogP contribution >= 0.6 is 15.9 Å². The molecule has 0 spiro atoms. The summed E-state index contributed by atoms with van der Waals surface area (Å²) in [7, 11) is 0. The van der Waals surface area contributed by atoms with E-state index < -0.39 is 0 Å².